The molecule has 5 nitrogen and oxygen atoms in total. The van der Waals surface area contributed by atoms with Crippen LogP contribution < -0.4 is 0 Å². The van der Waals surface area contributed by atoms with Crippen molar-refractivity contribution in [2.45, 2.75) is 25.2 Å². The molecule has 1 fully saturated rings. The number of sulfone groups is 1. The van der Waals surface area contributed by atoms with E-state index in [2.05, 4.69) is 0 Å². The van der Waals surface area contributed by atoms with E-state index in [9.17, 15) is 17.6 Å². The van der Waals surface area contributed by atoms with E-state index in [4.69, 9.17) is 4.74 Å². The molecule has 0 spiro atoms. The van der Waals surface area contributed by atoms with Crippen LogP contribution in [0.2, 0.25) is 0 Å². The number of nitrogens with zero attached hydrogens (tertiary/aromatic N) is 1. The minimum atomic E-state index is -3.28. The van der Waals surface area contributed by atoms with Crippen LogP contribution in [0.3, 0.4) is 0 Å². The van der Waals surface area contributed by atoms with Crippen LogP contribution in [0.5, 0.6) is 0 Å². The standard InChI is InChI=1S/C14H18FNO4S/c1-21(18,19)10-13-7-12(15)8-16(13)14(17)20-9-11-5-3-2-4-6-11/h2-6,12-13H,7-10H2,1H3/t12-,13-/m0/s1. The lowest BCUT2D eigenvalue weighted by molar-refractivity contribution is 0.0932. The molecule has 1 aromatic carbocycles. The number of likely N-dealkylation sites (tertiary alicyclic amines) is 1. The maximum Gasteiger partial charge on any atom is 0.410 e. The van der Waals surface area contributed by atoms with Crippen molar-refractivity contribution in [3.63, 3.8) is 0 Å². The van der Waals surface area contributed by atoms with Crippen LogP contribution in [0.1, 0.15) is 12.0 Å². The molecule has 0 aliphatic carbocycles. The van der Waals surface area contributed by atoms with Crippen molar-refractivity contribution in [2.75, 3.05) is 18.6 Å². The van der Waals surface area contributed by atoms with E-state index >= 15 is 0 Å². The third-order valence-corrected chi connectivity index (χ3v) is 4.29. The number of hydrogen-bond acceptors (Lipinski definition) is 4. The largest absolute Gasteiger partial charge is 0.445 e. The molecule has 1 aliphatic rings. The lowest BCUT2D eigenvalue weighted by atomic mass is 10.2. The molecular weight excluding hydrogens is 297 g/mol. The topological polar surface area (TPSA) is 63.7 Å². The maximum absolute atomic E-state index is 13.5. The fourth-order valence-electron chi connectivity index (χ4n) is 2.39. The number of halogens is 1. The van der Waals surface area contributed by atoms with Gasteiger partial charge in [-0.3, -0.25) is 0 Å². The van der Waals surface area contributed by atoms with E-state index in [1.165, 1.54) is 4.90 Å². The van der Waals surface area contributed by atoms with Gasteiger partial charge in [-0.1, -0.05) is 30.3 Å². The molecule has 1 amide bonds. The molecule has 2 rings (SSSR count). The van der Waals surface area contributed by atoms with Gasteiger partial charge in [0.25, 0.3) is 0 Å². The van der Waals surface area contributed by atoms with Crippen molar-refractivity contribution in [3.8, 4) is 0 Å². The lowest BCUT2D eigenvalue weighted by Gasteiger charge is -2.22. The maximum atomic E-state index is 13.5. The highest BCUT2D eigenvalue weighted by atomic mass is 32.2. The Morgan fingerprint density at radius 2 is 2.05 bits per heavy atom. The molecule has 0 bridgehead atoms. The van der Waals surface area contributed by atoms with Gasteiger partial charge in [0.1, 0.15) is 22.6 Å². The first-order chi connectivity index (χ1) is 9.85. The molecule has 0 saturated carbocycles. The first-order valence-electron chi connectivity index (χ1n) is 6.64. The van der Waals surface area contributed by atoms with Gasteiger partial charge in [-0.15, -0.1) is 0 Å². The number of carbonyl (C=O) groups excluding carboxylic acids is 1. The normalized spacial score (nSPS) is 22.3. The summed E-state index contributed by atoms with van der Waals surface area (Å²) in [6.07, 6.45) is -0.770. The monoisotopic (exact) mass is 315 g/mol. The minimum absolute atomic E-state index is 0.0352. The van der Waals surface area contributed by atoms with Crippen molar-refractivity contribution in [2.24, 2.45) is 0 Å². The summed E-state index contributed by atoms with van der Waals surface area (Å²) in [7, 11) is -3.28. The summed E-state index contributed by atoms with van der Waals surface area (Å²) in [5.41, 5.74) is 0.821. The second-order valence-corrected chi connectivity index (χ2v) is 7.46. The summed E-state index contributed by atoms with van der Waals surface area (Å²) in [4.78, 5) is 13.2. The average molecular weight is 315 g/mol. The zero-order chi connectivity index (χ0) is 15.5. The van der Waals surface area contributed by atoms with Crippen molar-refractivity contribution in [1.29, 1.82) is 0 Å². The van der Waals surface area contributed by atoms with Gasteiger partial charge in [0.15, 0.2) is 0 Å². The molecule has 0 N–H and O–H groups in total. The van der Waals surface area contributed by atoms with Crippen molar-refractivity contribution in [1.82, 2.24) is 4.90 Å². The first kappa shape index (κ1) is 15.8. The summed E-state index contributed by atoms with van der Waals surface area (Å²) in [6.45, 7) is -0.0352. The predicted octanol–water partition coefficient (Wildman–Crippen LogP) is 1.78. The Balaban J connectivity index is 1.96. The van der Waals surface area contributed by atoms with Crippen LogP contribution in [0, 0.1) is 0 Å². The molecule has 7 heteroatoms. The van der Waals surface area contributed by atoms with Crippen LogP contribution in [0.15, 0.2) is 30.3 Å². The van der Waals surface area contributed by atoms with E-state index < -0.39 is 28.1 Å². The Kier molecular flexibility index (Phi) is 4.82. The Hall–Kier alpha value is -1.63. The van der Waals surface area contributed by atoms with Gasteiger partial charge in [0.05, 0.1) is 18.3 Å². The zero-order valence-electron chi connectivity index (χ0n) is 11.7. The van der Waals surface area contributed by atoms with Crippen molar-refractivity contribution < 1.29 is 22.3 Å². The fourth-order valence-corrected chi connectivity index (χ4v) is 3.41. The molecule has 0 radical (unpaired) electrons. The van der Waals surface area contributed by atoms with E-state index in [-0.39, 0.29) is 25.3 Å². The first-order valence-corrected chi connectivity index (χ1v) is 8.70. The lowest BCUT2D eigenvalue weighted by Crippen LogP contribution is -2.39. The molecule has 1 saturated heterocycles. The molecular formula is C14H18FNO4S. The highest BCUT2D eigenvalue weighted by Crippen LogP contribution is 2.22. The summed E-state index contributed by atoms with van der Waals surface area (Å²) >= 11 is 0. The summed E-state index contributed by atoms with van der Waals surface area (Å²) < 4.78 is 41.3. The van der Waals surface area contributed by atoms with Crippen LogP contribution >= 0.6 is 0 Å². The zero-order valence-corrected chi connectivity index (χ0v) is 12.6. The number of benzene rings is 1. The van der Waals surface area contributed by atoms with Crippen LogP contribution in [0.4, 0.5) is 9.18 Å². The third-order valence-electron chi connectivity index (χ3n) is 3.30. The number of alkyl halides is 1. The number of amides is 1. The smallest absolute Gasteiger partial charge is 0.410 e. The van der Waals surface area contributed by atoms with Gasteiger partial charge in [0.2, 0.25) is 0 Å². The van der Waals surface area contributed by atoms with E-state index in [0.29, 0.717) is 0 Å². The minimum Gasteiger partial charge on any atom is -0.445 e. The second kappa shape index (κ2) is 6.43. The van der Waals surface area contributed by atoms with E-state index in [1.54, 1.807) is 0 Å². The molecule has 0 unspecified atom stereocenters. The summed E-state index contributed by atoms with van der Waals surface area (Å²) in [5.74, 6) is -0.242. The SMILES string of the molecule is CS(=O)(=O)C[C@@H]1C[C@H](F)CN1C(=O)OCc1ccccc1. The van der Waals surface area contributed by atoms with Crippen LogP contribution in [-0.4, -0.2) is 50.2 Å². The van der Waals surface area contributed by atoms with E-state index in [0.717, 1.165) is 11.8 Å². The molecule has 116 valence electrons. The van der Waals surface area contributed by atoms with Crippen LogP contribution in [0.25, 0.3) is 0 Å². The Bertz CT molecular complexity index is 590. The number of ether oxygens (including phenoxy) is 1. The van der Waals surface area contributed by atoms with Gasteiger partial charge in [0, 0.05) is 12.7 Å². The predicted molar refractivity (Wildman–Crippen MR) is 76.3 cm³/mol. The molecule has 21 heavy (non-hydrogen) atoms. The highest BCUT2D eigenvalue weighted by molar-refractivity contribution is 7.90. The average Bonchev–Trinajstić information content (AvgIpc) is 2.76. The molecule has 1 aliphatic heterocycles. The number of rotatable bonds is 4. The number of carbonyl (C=O) groups is 1. The Morgan fingerprint density at radius 1 is 1.38 bits per heavy atom. The summed E-state index contributed by atoms with van der Waals surface area (Å²) in [6, 6.07) is 8.46. The summed E-state index contributed by atoms with van der Waals surface area (Å²) in [5, 5.41) is 0. The molecule has 0 aromatic heterocycles. The molecule has 1 aromatic rings. The van der Waals surface area contributed by atoms with E-state index in [1.807, 2.05) is 30.3 Å². The van der Waals surface area contributed by atoms with Gasteiger partial charge >= 0.3 is 6.09 Å². The van der Waals surface area contributed by atoms with Gasteiger partial charge in [-0.25, -0.2) is 17.6 Å². The van der Waals surface area contributed by atoms with Gasteiger partial charge in [-0.2, -0.15) is 0 Å². The Labute approximate surface area is 123 Å². The van der Waals surface area contributed by atoms with Crippen molar-refractivity contribution >= 4 is 15.9 Å². The second-order valence-electron chi connectivity index (χ2n) is 5.27. The van der Waals surface area contributed by atoms with Crippen molar-refractivity contribution in [3.05, 3.63) is 35.9 Å². The Morgan fingerprint density at radius 3 is 2.67 bits per heavy atom. The number of hydrogen-bond donors (Lipinski definition) is 0. The molecule has 2 atom stereocenters. The third kappa shape index (κ3) is 4.70. The van der Waals surface area contributed by atoms with Gasteiger partial charge < -0.3 is 9.64 Å². The quantitative estimate of drug-likeness (QED) is 0.849. The van der Waals surface area contributed by atoms with Crippen LogP contribution in [-0.2, 0) is 21.2 Å². The molecule has 1 heterocycles. The highest BCUT2D eigenvalue weighted by Gasteiger charge is 2.38. The fraction of sp³-hybridized carbons (Fsp3) is 0.500. The van der Waals surface area contributed by atoms with Gasteiger partial charge in [-0.05, 0) is 5.56 Å².